The number of alkyl halides is 3. The van der Waals surface area contributed by atoms with Crippen LogP contribution in [-0.2, 0) is 0 Å². The molecule has 0 spiro atoms. The molecule has 1 fully saturated rings. The second-order valence-electron chi connectivity index (χ2n) is 3.42. The normalized spacial score (nSPS) is 19.1. The Labute approximate surface area is 79.2 Å². The Hall–Kier alpha value is -1.26. The lowest BCUT2D eigenvalue weighted by Crippen LogP contribution is -2.38. The SMILES string of the molecule is FC(F)(F)C1(Nc2ccccn2)CC1. The average Bonchev–Trinajstić information content (AvgIpc) is 2.86. The Morgan fingerprint density at radius 1 is 1.29 bits per heavy atom. The number of nitrogens with one attached hydrogen (secondary N) is 1. The largest absolute Gasteiger partial charge is 0.411 e. The Morgan fingerprint density at radius 2 is 2.00 bits per heavy atom. The van der Waals surface area contributed by atoms with Gasteiger partial charge in [0.15, 0.2) is 0 Å². The maximum Gasteiger partial charge on any atom is 0.411 e. The first-order valence-corrected chi connectivity index (χ1v) is 4.29. The van der Waals surface area contributed by atoms with E-state index in [0.717, 1.165) is 0 Å². The van der Waals surface area contributed by atoms with Gasteiger partial charge in [-0.15, -0.1) is 0 Å². The van der Waals surface area contributed by atoms with Crippen LogP contribution in [0.15, 0.2) is 24.4 Å². The van der Waals surface area contributed by atoms with Gasteiger partial charge in [-0.2, -0.15) is 13.2 Å². The molecule has 1 aromatic heterocycles. The number of hydrogen-bond donors (Lipinski definition) is 1. The summed E-state index contributed by atoms with van der Waals surface area (Å²) in [5.74, 6) is 0.280. The van der Waals surface area contributed by atoms with Crippen LogP contribution < -0.4 is 5.32 Å². The van der Waals surface area contributed by atoms with E-state index in [2.05, 4.69) is 10.3 Å². The van der Waals surface area contributed by atoms with Gasteiger partial charge in [-0.25, -0.2) is 4.98 Å². The molecule has 76 valence electrons. The van der Waals surface area contributed by atoms with Crippen molar-refractivity contribution < 1.29 is 13.2 Å². The molecule has 0 unspecified atom stereocenters. The third kappa shape index (κ3) is 1.54. The van der Waals surface area contributed by atoms with Crippen molar-refractivity contribution in [2.45, 2.75) is 24.6 Å². The van der Waals surface area contributed by atoms with E-state index in [1.807, 2.05) is 0 Å². The fraction of sp³-hybridized carbons (Fsp3) is 0.444. The molecule has 0 bridgehead atoms. The van der Waals surface area contributed by atoms with Gasteiger partial charge in [0.25, 0.3) is 0 Å². The minimum absolute atomic E-state index is 0.132. The molecular formula is C9H9F3N2. The quantitative estimate of drug-likeness (QED) is 0.797. The van der Waals surface area contributed by atoms with Gasteiger partial charge in [0, 0.05) is 6.20 Å². The van der Waals surface area contributed by atoms with Crippen molar-refractivity contribution >= 4 is 5.82 Å². The molecule has 0 atom stereocenters. The molecule has 0 aliphatic heterocycles. The fourth-order valence-electron chi connectivity index (χ4n) is 1.29. The second-order valence-corrected chi connectivity index (χ2v) is 3.42. The summed E-state index contributed by atoms with van der Waals surface area (Å²) in [5.41, 5.74) is -1.72. The lowest BCUT2D eigenvalue weighted by atomic mass is 10.2. The maximum atomic E-state index is 12.5. The van der Waals surface area contributed by atoms with Gasteiger partial charge in [0.05, 0.1) is 0 Å². The molecule has 1 aliphatic rings. The first-order valence-electron chi connectivity index (χ1n) is 4.29. The average molecular weight is 202 g/mol. The van der Waals surface area contributed by atoms with E-state index in [-0.39, 0.29) is 18.7 Å². The minimum Gasteiger partial charge on any atom is -0.356 e. The van der Waals surface area contributed by atoms with E-state index in [4.69, 9.17) is 0 Å². The maximum absolute atomic E-state index is 12.5. The van der Waals surface area contributed by atoms with Crippen LogP contribution in [0.25, 0.3) is 0 Å². The molecule has 0 aromatic carbocycles. The number of aromatic nitrogens is 1. The van der Waals surface area contributed by atoms with Crippen molar-refractivity contribution in [2.75, 3.05) is 5.32 Å². The van der Waals surface area contributed by atoms with Crippen LogP contribution >= 0.6 is 0 Å². The third-order valence-corrected chi connectivity index (χ3v) is 2.32. The van der Waals surface area contributed by atoms with Crippen molar-refractivity contribution in [1.82, 2.24) is 4.98 Å². The number of rotatable bonds is 2. The predicted molar refractivity (Wildman–Crippen MR) is 45.9 cm³/mol. The molecule has 0 amide bonds. The van der Waals surface area contributed by atoms with E-state index in [1.165, 1.54) is 12.3 Å². The van der Waals surface area contributed by atoms with Crippen LogP contribution in [0.2, 0.25) is 0 Å². The van der Waals surface area contributed by atoms with Crippen molar-refractivity contribution in [3.8, 4) is 0 Å². The van der Waals surface area contributed by atoms with Gasteiger partial charge in [0.2, 0.25) is 0 Å². The molecule has 1 heterocycles. The zero-order valence-corrected chi connectivity index (χ0v) is 7.30. The van der Waals surface area contributed by atoms with Crippen molar-refractivity contribution in [2.24, 2.45) is 0 Å². The first-order chi connectivity index (χ1) is 6.54. The molecule has 5 heteroatoms. The summed E-state index contributed by atoms with van der Waals surface area (Å²) < 4.78 is 37.5. The smallest absolute Gasteiger partial charge is 0.356 e. The van der Waals surface area contributed by atoms with Gasteiger partial charge in [-0.3, -0.25) is 0 Å². The van der Waals surface area contributed by atoms with Gasteiger partial charge < -0.3 is 5.32 Å². The lowest BCUT2D eigenvalue weighted by molar-refractivity contribution is -0.151. The van der Waals surface area contributed by atoms with Gasteiger partial charge in [0.1, 0.15) is 11.4 Å². The summed E-state index contributed by atoms with van der Waals surface area (Å²) in [6, 6.07) is 4.85. The summed E-state index contributed by atoms with van der Waals surface area (Å²) >= 11 is 0. The Morgan fingerprint density at radius 3 is 2.43 bits per heavy atom. The monoisotopic (exact) mass is 202 g/mol. The highest BCUT2D eigenvalue weighted by molar-refractivity contribution is 5.41. The highest BCUT2D eigenvalue weighted by Crippen LogP contribution is 2.50. The van der Waals surface area contributed by atoms with Crippen molar-refractivity contribution in [3.63, 3.8) is 0 Å². The van der Waals surface area contributed by atoms with Crippen LogP contribution in [0.1, 0.15) is 12.8 Å². The first kappa shape index (κ1) is 9.30. The number of anilines is 1. The van der Waals surface area contributed by atoms with Crippen LogP contribution in [0.5, 0.6) is 0 Å². The van der Waals surface area contributed by atoms with Gasteiger partial charge in [-0.05, 0) is 25.0 Å². The van der Waals surface area contributed by atoms with E-state index in [9.17, 15) is 13.2 Å². The van der Waals surface area contributed by atoms with Crippen molar-refractivity contribution in [1.29, 1.82) is 0 Å². The van der Waals surface area contributed by atoms with Gasteiger partial charge in [-0.1, -0.05) is 6.07 Å². The van der Waals surface area contributed by atoms with E-state index in [1.54, 1.807) is 12.1 Å². The topological polar surface area (TPSA) is 24.9 Å². The Balaban J connectivity index is 2.13. The zero-order chi connectivity index (χ0) is 10.2. The molecule has 1 saturated carbocycles. The van der Waals surface area contributed by atoms with Crippen LogP contribution in [0.3, 0.4) is 0 Å². The van der Waals surface area contributed by atoms with Crippen LogP contribution in [-0.4, -0.2) is 16.7 Å². The zero-order valence-electron chi connectivity index (χ0n) is 7.30. The van der Waals surface area contributed by atoms with Crippen molar-refractivity contribution in [3.05, 3.63) is 24.4 Å². The summed E-state index contributed by atoms with van der Waals surface area (Å²) in [7, 11) is 0. The van der Waals surface area contributed by atoms with Crippen LogP contribution in [0, 0.1) is 0 Å². The molecule has 1 N–H and O–H groups in total. The molecule has 1 aliphatic carbocycles. The summed E-state index contributed by atoms with van der Waals surface area (Å²) in [5, 5.41) is 2.43. The third-order valence-electron chi connectivity index (χ3n) is 2.32. The minimum atomic E-state index is -4.19. The molecule has 1 aromatic rings. The van der Waals surface area contributed by atoms with E-state index >= 15 is 0 Å². The van der Waals surface area contributed by atoms with Gasteiger partial charge >= 0.3 is 6.18 Å². The number of halogens is 3. The molecule has 0 saturated heterocycles. The highest BCUT2D eigenvalue weighted by Gasteiger charge is 2.63. The predicted octanol–water partition coefficient (Wildman–Crippen LogP) is 2.59. The Bertz CT molecular complexity index is 317. The lowest BCUT2D eigenvalue weighted by Gasteiger charge is -2.20. The van der Waals surface area contributed by atoms with E-state index in [0.29, 0.717) is 0 Å². The molecule has 2 nitrogen and oxygen atoms in total. The number of pyridine rings is 1. The second kappa shape index (κ2) is 2.87. The van der Waals surface area contributed by atoms with Crippen LogP contribution in [0.4, 0.5) is 19.0 Å². The standard InChI is InChI=1S/C9H9F3N2/c10-9(11,12)8(4-5-8)14-7-3-1-2-6-13-7/h1-3,6H,4-5H2,(H,13,14). The molecule has 0 radical (unpaired) electrons. The molecule has 2 rings (SSSR count). The molecule has 14 heavy (non-hydrogen) atoms. The Kier molecular flexibility index (Phi) is 1.90. The fourth-order valence-corrected chi connectivity index (χ4v) is 1.29. The summed E-state index contributed by atoms with van der Waals surface area (Å²) in [6.07, 6.45) is -2.46. The molecular weight excluding hydrogens is 193 g/mol. The number of nitrogens with zero attached hydrogens (tertiary/aromatic N) is 1. The summed E-state index contributed by atoms with van der Waals surface area (Å²) in [4.78, 5) is 3.81. The highest BCUT2D eigenvalue weighted by atomic mass is 19.4. The number of hydrogen-bond acceptors (Lipinski definition) is 2. The summed E-state index contributed by atoms with van der Waals surface area (Å²) in [6.45, 7) is 0. The van der Waals surface area contributed by atoms with E-state index < -0.39 is 11.7 Å².